The van der Waals surface area contributed by atoms with Crippen molar-refractivity contribution in [3.05, 3.63) is 68.8 Å². The SMILES string of the molecule is O=c1ccc(Br)cn1Cc1cccc(F)c1. The fourth-order valence-corrected chi connectivity index (χ4v) is 1.84. The summed E-state index contributed by atoms with van der Waals surface area (Å²) in [5.74, 6) is -0.291. The van der Waals surface area contributed by atoms with Gasteiger partial charge in [-0.05, 0) is 39.7 Å². The van der Waals surface area contributed by atoms with Gasteiger partial charge in [-0.1, -0.05) is 12.1 Å². The Labute approximate surface area is 100 Å². The fraction of sp³-hybridized carbons (Fsp3) is 0.0833. The summed E-state index contributed by atoms with van der Waals surface area (Å²) < 4.78 is 15.3. The Bertz CT molecular complexity index is 565. The zero-order valence-corrected chi connectivity index (χ0v) is 9.95. The Morgan fingerprint density at radius 2 is 2.06 bits per heavy atom. The molecule has 0 amide bonds. The second-order valence-electron chi connectivity index (χ2n) is 3.44. The van der Waals surface area contributed by atoms with Crippen LogP contribution in [0.5, 0.6) is 0 Å². The van der Waals surface area contributed by atoms with Gasteiger partial charge in [-0.2, -0.15) is 0 Å². The summed E-state index contributed by atoms with van der Waals surface area (Å²) in [7, 11) is 0. The molecule has 16 heavy (non-hydrogen) atoms. The lowest BCUT2D eigenvalue weighted by atomic mass is 10.2. The summed E-state index contributed by atoms with van der Waals surface area (Å²) in [6, 6.07) is 9.39. The second kappa shape index (κ2) is 4.61. The number of benzene rings is 1. The maximum absolute atomic E-state index is 13.0. The number of aromatic nitrogens is 1. The van der Waals surface area contributed by atoms with Gasteiger partial charge in [0.05, 0.1) is 6.54 Å². The van der Waals surface area contributed by atoms with Crippen molar-refractivity contribution in [3.8, 4) is 0 Å². The summed E-state index contributed by atoms with van der Waals surface area (Å²) in [6.45, 7) is 0.371. The second-order valence-corrected chi connectivity index (χ2v) is 4.36. The average molecular weight is 282 g/mol. The van der Waals surface area contributed by atoms with Crippen LogP contribution in [-0.4, -0.2) is 4.57 Å². The molecule has 2 aromatic rings. The molecule has 2 rings (SSSR count). The number of rotatable bonds is 2. The van der Waals surface area contributed by atoms with Gasteiger partial charge in [0.2, 0.25) is 0 Å². The third-order valence-electron chi connectivity index (χ3n) is 2.19. The van der Waals surface area contributed by atoms with Crippen LogP contribution < -0.4 is 5.56 Å². The van der Waals surface area contributed by atoms with Crippen LogP contribution in [0.3, 0.4) is 0 Å². The molecule has 0 aliphatic heterocycles. The molecule has 0 saturated carbocycles. The highest BCUT2D eigenvalue weighted by molar-refractivity contribution is 9.10. The largest absolute Gasteiger partial charge is 0.310 e. The van der Waals surface area contributed by atoms with Crippen molar-refractivity contribution in [1.82, 2.24) is 4.57 Å². The zero-order valence-electron chi connectivity index (χ0n) is 8.36. The van der Waals surface area contributed by atoms with Gasteiger partial charge in [0, 0.05) is 16.7 Å². The highest BCUT2D eigenvalue weighted by Gasteiger charge is 1.99. The van der Waals surface area contributed by atoms with Crippen molar-refractivity contribution in [2.45, 2.75) is 6.54 Å². The Kier molecular flexibility index (Phi) is 3.19. The van der Waals surface area contributed by atoms with Crippen LogP contribution >= 0.6 is 15.9 Å². The van der Waals surface area contributed by atoms with E-state index in [9.17, 15) is 9.18 Å². The third kappa shape index (κ3) is 2.58. The van der Waals surface area contributed by atoms with Gasteiger partial charge < -0.3 is 4.57 Å². The van der Waals surface area contributed by atoms with Gasteiger partial charge in [-0.15, -0.1) is 0 Å². The summed E-state index contributed by atoms with van der Waals surface area (Å²) in [4.78, 5) is 11.5. The molecule has 0 fully saturated rings. The van der Waals surface area contributed by atoms with E-state index in [0.717, 1.165) is 10.0 Å². The normalized spacial score (nSPS) is 10.4. The van der Waals surface area contributed by atoms with Crippen LogP contribution in [0.25, 0.3) is 0 Å². The Balaban J connectivity index is 2.34. The smallest absolute Gasteiger partial charge is 0.250 e. The first-order chi connectivity index (χ1) is 7.65. The van der Waals surface area contributed by atoms with Gasteiger partial charge in [0.25, 0.3) is 5.56 Å². The molecular weight excluding hydrogens is 273 g/mol. The lowest BCUT2D eigenvalue weighted by Gasteiger charge is -2.05. The van der Waals surface area contributed by atoms with Crippen molar-refractivity contribution >= 4 is 15.9 Å². The van der Waals surface area contributed by atoms with Crippen LogP contribution in [0.15, 0.2) is 51.9 Å². The molecule has 0 bridgehead atoms. The maximum atomic E-state index is 13.0. The van der Waals surface area contributed by atoms with Crippen molar-refractivity contribution in [2.24, 2.45) is 0 Å². The Morgan fingerprint density at radius 1 is 1.25 bits per heavy atom. The van der Waals surface area contributed by atoms with Gasteiger partial charge >= 0.3 is 0 Å². The first-order valence-corrected chi connectivity index (χ1v) is 5.55. The molecule has 0 aliphatic carbocycles. The summed E-state index contributed by atoms with van der Waals surface area (Å²) in [5.41, 5.74) is 0.660. The third-order valence-corrected chi connectivity index (χ3v) is 2.66. The lowest BCUT2D eigenvalue weighted by molar-refractivity contribution is 0.622. The van der Waals surface area contributed by atoms with Crippen molar-refractivity contribution in [3.63, 3.8) is 0 Å². The number of hydrogen-bond donors (Lipinski definition) is 0. The average Bonchev–Trinajstić information content (AvgIpc) is 2.24. The molecule has 1 aromatic carbocycles. The van der Waals surface area contributed by atoms with Crippen molar-refractivity contribution < 1.29 is 4.39 Å². The van der Waals surface area contributed by atoms with E-state index in [1.807, 2.05) is 0 Å². The van der Waals surface area contributed by atoms with E-state index in [-0.39, 0.29) is 11.4 Å². The van der Waals surface area contributed by atoms with Crippen LogP contribution in [0.1, 0.15) is 5.56 Å². The Morgan fingerprint density at radius 3 is 2.81 bits per heavy atom. The summed E-state index contributed by atoms with van der Waals surface area (Å²) in [6.07, 6.45) is 1.69. The highest BCUT2D eigenvalue weighted by Crippen LogP contribution is 2.08. The zero-order chi connectivity index (χ0) is 11.5. The number of pyridine rings is 1. The maximum Gasteiger partial charge on any atom is 0.250 e. The van der Waals surface area contributed by atoms with Crippen LogP contribution in [0.4, 0.5) is 4.39 Å². The van der Waals surface area contributed by atoms with E-state index in [2.05, 4.69) is 15.9 Å². The molecule has 82 valence electrons. The van der Waals surface area contributed by atoms with E-state index in [1.54, 1.807) is 24.4 Å². The van der Waals surface area contributed by atoms with E-state index in [0.29, 0.717) is 6.54 Å². The molecule has 1 aromatic heterocycles. The van der Waals surface area contributed by atoms with Gasteiger partial charge in [-0.3, -0.25) is 4.79 Å². The number of hydrogen-bond acceptors (Lipinski definition) is 1. The molecule has 4 heteroatoms. The molecular formula is C12H9BrFNO. The fourth-order valence-electron chi connectivity index (χ4n) is 1.46. The summed E-state index contributed by atoms with van der Waals surface area (Å²) >= 11 is 3.29. The van der Waals surface area contributed by atoms with E-state index < -0.39 is 0 Å². The van der Waals surface area contributed by atoms with Gasteiger partial charge in [-0.25, -0.2) is 4.39 Å². The van der Waals surface area contributed by atoms with E-state index >= 15 is 0 Å². The molecule has 0 spiro atoms. The first-order valence-electron chi connectivity index (χ1n) is 4.75. The van der Waals surface area contributed by atoms with Gasteiger partial charge in [0.15, 0.2) is 0 Å². The molecule has 0 aliphatic rings. The van der Waals surface area contributed by atoms with Crippen LogP contribution in [0, 0.1) is 5.82 Å². The van der Waals surface area contributed by atoms with Crippen molar-refractivity contribution in [1.29, 1.82) is 0 Å². The molecule has 0 radical (unpaired) electrons. The minimum absolute atomic E-state index is 0.104. The van der Waals surface area contributed by atoms with Crippen LogP contribution in [0.2, 0.25) is 0 Å². The minimum Gasteiger partial charge on any atom is -0.310 e. The number of halogens is 2. The quantitative estimate of drug-likeness (QED) is 0.830. The molecule has 0 atom stereocenters. The standard InChI is InChI=1S/C12H9BrFNO/c13-10-4-5-12(16)15(8-10)7-9-2-1-3-11(14)6-9/h1-6,8H,7H2. The number of nitrogens with zero attached hydrogens (tertiary/aromatic N) is 1. The topological polar surface area (TPSA) is 22.0 Å². The van der Waals surface area contributed by atoms with E-state index in [4.69, 9.17) is 0 Å². The lowest BCUT2D eigenvalue weighted by Crippen LogP contribution is -2.18. The highest BCUT2D eigenvalue weighted by atomic mass is 79.9. The first kappa shape index (κ1) is 11.1. The van der Waals surface area contributed by atoms with Crippen molar-refractivity contribution in [2.75, 3.05) is 0 Å². The monoisotopic (exact) mass is 281 g/mol. The predicted octanol–water partition coefficient (Wildman–Crippen LogP) is 2.80. The molecule has 0 unspecified atom stereocenters. The summed E-state index contributed by atoms with van der Waals surface area (Å²) in [5, 5.41) is 0. The van der Waals surface area contributed by atoms with Gasteiger partial charge in [0.1, 0.15) is 5.82 Å². The predicted molar refractivity (Wildman–Crippen MR) is 63.9 cm³/mol. The molecule has 1 heterocycles. The Hall–Kier alpha value is -1.42. The minimum atomic E-state index is -0.291. The van der Waals surface area contributed by atoms with E-state index in [1.165, 1.54) is 22.8 Å². The molecule has 0 saturated heterocycles. The molecule has 0 N–H and O–H groups in total. The van der Waals surface area contributed by atoms with Crippen LogP contribution in [-0.2, 0) is 6.54 Å². The molecule has 2 nitrogen and oxygen atoms in total.